The molecule has 2 nitrogen and oxygen atoms in total. The van der Waals surface area contributed by atoms with Crippen LogP contribution in [0, 0.1) is 6.92 Å². The molecule has 0 bridgehead atoms. The molecule has 0 unspecified atom stereocenters. The Bertz CT molecular complexity index is 965. The normalized spacial score (nSPS) is 11.5. The fraction of sp³-hybridized carbons (Fsp3) is 0.0385. The fourth-order valence-corrected chi connectivity index (χ4v) is 7.01. The predicted octanol–water partition coefficient (Wildman–Crippen LogP) is 4.01. The zero-order valence-corrected chi connectivity index (χ0v) is 17.4. The van der Waals surface area contributed by atoms with Crippen molar-refractivity contribution in [2.24, 2.45) is 5.16 Å². The quantitative estimate of drug-likeness (QED) is 0.210. The molecular weight excluding hydrogens is 370 g/mol. The van der Waals surface area contributed by atoms with Crippen molar-refractivity contribution in [1.29, 1.82) is 0 Å². The molecule has 0 heterocycles. The summed E-state index contributed by atoms with van der Waals surface area (Å²) in [5.41, 5.74) is 2.25. The highest BCUT2D eigenvalue weighted by Gasteiger charge is 2.44. The van der Waals surface area contributed by atoms with Crippen molar-refractivity contribution in [1.82, 2.24) is 0 Å². The van der Waals surface area contributed by atoms with Gasteiger partial charge in [0.2, 0.25) is 0 Å². The second kappa shape index (κ2) is 8.72. The molecule has 0 fully saturated rings. The van der Waals surface area contributed by atoms with Crippen molar-refractivity contribution < 1.29 is 4.53 Å². The molecule has 142 valence electrons. The largest absolute Gasteiger partial charge is 0.438 e. The maximum absolute atomic E-state index is 6.53. The minimum atomic E-state index is -2.79. The Balaban J connectivity index is 1.84. The number of benzene rings is 4. The second-order valence-corrected chi connectivity index (χ2v) is 10.3. The molecule has 29 heavy (non-hydrogen) atoms. The van der Waals surface area contributed by atoms with Gasteiger partial charge in [-0.05, 0) is 28.0 Å². The van der Waals surface area contributed by atoms with Gasteiger partial charge in [-0.2, -0.15) is 0 Å². The minimum Gasteiger partial charge on any atom is -0.438 e. The second-order valence-electron chi connectivity index (χ2n) is 7.02. The average Bonchev–Trinajstić information content (AvgIpc) is 2.80. The maximum atomic E-state index is 6.53. The summed E-state index contributed by atoms with van der Waals surface area (Å²) in [5, 5.41) is 8.01. The first-order valence-corrected chi connectivity index (χ1v) is 11.6. The van der Waals surface area contributed by atoms with Crippen LogP contribution in [0.15, 0.2) is 120 Å². The number of hydrogen-bond acceptors (Lipinski definition) is 2. The molecule has 0 saturated heterocycles. The van der Waals surface area contributed by atoms with Crippen LogP contribution in [0.2, 0.25) is 0 Å². The lowest BCUT2D eigenvalue weighted by molar-refractivity contribution is 0.351. The number of nitrogens with zero attached hydrogens (tertiary/aromatic N) is 1. The Labute approximate surface area is 173 Å². The van der Waals surface area contributed by atoms with Gasteiger partial charge in [0.05, 0.1) is 6.21 Å². The third kappa shape index (κ3) is 4.05. The predicted molar refractivity (Wildman–Crippen MR) is 124 cm³/mol. The van der Waals surface area contributed by atoms with Crippen molar-refractivity contribution in [3.05, 3.63) is 126 Å². The molecule has 0 amide bonds. The van der Waals surface area contributed by atoms with Gasteiger partial charge in [-0.1, -0.05) is 121 Å². The molecule has 0 aliphatic rings. The summed E-state index contributed by atoms with van der Waals surface area (Å²) in [6, 6.07) is 39.7. The van der Waals surface area contributed by atoms with E-state index in [2.05, 4.69) is 109 Å². The Morgan fingerprint density at radius 2 is 1.00 bits per heavy atom. The van der Waals surface area contributed by atoms with E-state index in [9.17, 15) is 0 Å². The molecule has 0 atom stereocenters. The van der Waals surface area contributed by atoms with Crippen LogP contribution in [0.5, 0.6) is 0 Å². The van der Waals surface area contributed by atoms with Crippen molar-refractivity contribution in [3.63, 3.8) is 0 Å². The first-order valence-electron chi connectivity index (χ1n) is 9.74. The number of oxime groups is 1. The molecule has 0 aromatic heterocycles. The van der Waals surface area contributed by atoms with Crippen molar-refractivity contribution >= 4 is 30.1 Å². The maximum Gasteiger partial charge on any atom is 0.380 e. The van der Waals surface area contributed by atoms with Gasteiger partial charge < -0.3 is 4.53 Å². The topological polar surface area (TPSA) is 21.6 Å². The highest BCUT2D eigenvalue weighted by molar-refractivity contribution is 7.07. The SMILES string of the molecule is Cc1ccc(/C=N/O[Si](c2ccccc2)(c2ccccc2)c2ccccc2)cc1. The molecule has 0 aliphatic heterocycles. The van der Waals surface area contributed by atoms with Gasteiger partial charge >= 0.3 is 8.32 Å². The summed E-state index contributed by atoms with van der Waals surface area (Å²) < 4.78 is 6.53. The van der Waals surface area contributed by atoms with Crippen molar-refractivity contribution in [3.8, 4) is 0 Å². The minimum absolute atomic E-state index is 1.02. The van der Waals surface area contributed by atoms with Crippen LogP contribution in [-0.4, -0.2) is 14.5 Å². The van der Waals surface area contributed by atoms with Crippen LogP contribution in [0.4, 0.5) is 0 Å². The summed E-state index contributed by atoms with van der Waals surface area (Å²) in [5.74, 6) is 0. The Kier molecular flexibility index (Phi) is 5.68. The molecule has 0 aliphatic carbocycles. The fourth-order valence-electron chi connectivity index (χ4n) is 3.50. The molecule has 0 spiro atoms. The third-order valence-electron chi connectivity index (χ3n) is 5.01. The first-order chi connectivity index (χ1) is 14.3. The Morgan fingerprint density at radius 1 is 0.586 bits per heavy atom. The monoisotopic (exact) mass is 393 g/mol. The van der Waals surface area contributed by atoms with Crippen LogP contribution in [-0.2, 0) is 4.53 Å². The van der Waals surface area contributed by atoms with Gasteiger partial charge in [0.25, 0.3) is 0 Å². The molecule has 0 saturated carbocycles. The summed E-state index contributed by atoms with van der Waals surface area (Å²) in [6.07, 6.45) is 1.80. The number of aryl methyl sites for hydroxylation is 1. The van der Waals surface area contributed by atoms with E-state index >= 15 is 0 Å². The standard InChI is InChI=1S/C26H23NOSi/c1-22-17-19-23(20-18-22)21-27-28-29(24-11-5-2-6-12-24,25-13-7-3-8-14-25)26-15-9-4-10-16-26/h2-21H,1H3/b27-21+. The lowest BCUT2D eigenvalue weighted by atomic mass is 10.2. The van der Waals surface area contributed by atoms with E-state index in [4.69, 9.17) is 4.53 Å². The van der Waals surface area contributed by atoms with E-state index in [1.807, 2.05) is 18.2 Å². The van der Waals surface area contributed by atoms with Crippen LogP contribution in [0.1, 0.15) is 11.1 Å². The highest BCUT2D eigenvalue weighted by atomic mass is 28.4. The van der Waals surface area contributed by atoms with Crippen molar-refractivity contribution in [2.45, 2.75) is 6.92 Å². The Hall–Kier alpha value is -3.43. The van der Waals surface area contributed by atoms with Gasteiger partial charge in [-0.15, -0.1) is 5.16 Å². The van der Waals surface area contributed by atoms with Crippen LogP contribution in [0.3, 0.4) is 0 Å². The lowest BCUT2D eigenvalue weighted by Gasteiger charge is -2.30. The molecule has 4 rings (SSSR count). The molecular formula is C26H23NOSi. The van der Waals surface area contributed by atoms with E-state index in [0.717, 1.165) is 5.56 Å². The van der Waals surface area contributed by atoms with Crippen LogP contribution in [0.25, 0.3) is 0 Å². The van der Waals surface area contributed by atoms with E-state index in [1.54, 1.807) is 6.21 Å². The smallest absolute Gasteiger partial charge is 0.380 e. The van der Waals surface area contributed by atoms with E-state index in [0.29, 0.717) is 0 Å². The molecule has 4 aromatic rings. The third-order valence-corrected chi connectivity index (χ3v) is 8.83. The van der Waals surface area contributed by atoms with E-state index < -0.39 is 8.32 Å². The number of hydrogen-bond donors (Lipinski definition) is 0. The van der Waals surface area contributed by atoms with Gasteiger partial charge in [0.15, 0.2) is 0 Å². The summed E-state index contributed by atoms with van der Waals surface area (Å²) in [6.45, 7) is 2.08. The van der Waals surface area contributed by atoms with Gasteiger partial charge in [-0.25, -0.2) is 0 Å². The first kappa shape index (κ1) is 18.9. The van der Waals surface area contributed by atoms with Crippen LogP contribution >= 0.6 is 0 Å². The zero-order valence-electron chi connectivity index (χ0n) is 16.4. The average molecular weight is 394 g/mol. The lowest BCUT2D eigenvalue weighted by Crippen LogP contribution is -2.68. The summed E-state index contributed by atoms with van der Waals surface area (Å²) in [4.78, 5) is 0. The van der Waals surface area contributed by atoms with Crippen molar-refractivity contribution in [2.75, 3.05) is 0 Å². The Morgan fingerprint density at radius 3 is 1.41 bits per heavy atom. The highest BCUT2D eigenvalue weighted by Crippen LogP contribution is 2.10. The molecule has 0 N–H and O–H groups in total. The summed E-state index contributed by atoms with van der Waals surface area (Å²) >= 11 is 0. The zero-order chi connectivity index (χ0) is 19.9. The summed E-state index contributed by atoms with van der Waals surface area (Å²) in [7, 11) is -2.79. The molecule has 4 aromatic carbocycles. The van der Waals surface area contributed by atoms with E-state index in [-0.39, 0.29) is 0 Å². The molecule has 0 radical (unpaired) electrons. The van der Waals surface area contributed by atoms with E-state index in [1.165, 1.54) is 21.1 Å². The molecule has 3 heteroatoms. The van der Waals surface area contributed by atoms with Crippen LogP contribution < -0.4 is 15.6 Å². The number of rotatable bonds is 6. The van der Waals surface area contributed by atoms with Gasteiger partial charge in [0, 0.05) is 0 Å². The van der Waals surface area contributed by atoms with Gasteiger partial charge in [-0.3, -0.25) is 0 Å². The van der Waals surface area contributed by atoms with Gasteiger partial charge in [0.1, 0.15) is 0 Å².